The highest BCUT2D eigenvalue weighted by Crippen LogP contribution is 2.31. The molecule has 1 saturated heterocycles. The molecular formula is C23H23F3N4O4S2. The van der Waals surface area contributed by atoms with Crippen LogP contribution in [0.15, 0.2) is 36.8 Å². The van der Waals surface area contributed by atoms with Crippen LogP contribution in [0.1, 0.15) is 52.4 Å². The average Bonchev–Trinajstić information content (AvgIpc) is 3.26. The lowest BCUT2D eigenvalue weighted by Gasteiger charge is -2.24. The Morgan fingerprint density at radius 3 is 2.36 bits per heavy atom. The van der Waals surface area contributed by atoms with Gasteiger partial charge < -0.3 is 10.1 Å². The zero-order valence-corrected chi connectivity index (χ0v) is 21.0. The van der Waals surface area contributed by atoms with Crippen LogP contribution >= 0.6 is 11.3 Å². The number of nitrogens with zero attached hydrogens (tertiary/aromatic N) is 3. The number of nitrogens with one attached hydrogen (secondary N) is 1. The molecule has 36 heavy (non-hydrogen) atoms. The molecule has 1 N–H and O–H groups in total. The molecule has 2 aromatic heterocycles. The number of carbonyl (C=O) groups excluding carboxylic acids is 1. The van der Waals surface area contributed by atoms with E-state index in [-0.39, 0.29) is 23.2 Å². The van der Waals surface area contributed by atoms with Gasteiger partial charge in [-0.25, -0.2) is 23.4 Å². The molecule has 13 heteroatoms. The second kappa shape index (κ2) is 10.1. The van der Waals surface area contributed by atoms with Crippen LogP contribution in [0.25, 0.3) is 10.6 Å². The van der Waals surface area contributed by atoms with Crippen LogP contribution in [0, 0.1) is 6.92 Å². The van der Waals surface area contributed by atoms with Gasteiger partial charge in [-0.3, -0.25) is 4.79 Å². The number of thiazole rings is 1. The number of amides is 1. The number of aryl methyl sites for hydroxylation is 1. The Balaban J connectivity index is 1.56. The molecule has 1 fully saturated rings. The highest BCUT2D eigenvalue weighted by atomic mass is 32.2. The number of benzene rings is 1. The van der Waals surface area contributed by atoms with E-state index in [2.05, 4.69) is 20.3 Å². The highest BCUT2D eigenvalue weighted by molar-refractivity contribution is 7.91. The molecule has 1 aliphatic rings. The molecule has 4 rings (SSSR count). The summed E-state index contributed by atoms with van der Waals surface area (Å²) in [6, 6.07) is 4.30. The molecule has 0 radical (unpaired) electrons. The van der Waals surface area contributed by atoms with Crippen LogP contribution in [0.5, 0.6) is 5.75 Å². The van der Waals surface area contributed by atoms with Crippen molar-refractivity contribution in [1.29, 1.82) is 0 Å². The zero-order valence-electron chi connectivity index (χ0n) is 19.4. The van der Waals surface area contributed by atoms with E-state index in [0.717, 1.165) is 17.3 Å². The van der Waals surface area contributed by atoms with E-state index in [1.807, 2.05) is 6.92 Å². The van der Waals surface area contributed by atoms with Crippen LogP contribution < -0.4 is 10.1 Å². The van der Waals surface area contributed by atoms with Crippen molar-refractivity contribution >= 4 is 27.1 Å². The van der Waals surface area contributed by atoms with Crippen molar-refractivity contribution < 1.29 is 31.1 Å². The van der Waals surface area contributed by atoms with E-state index in [4.69, 9.17) is 4.74 Å². The van der Waals surface area contributed by atoms with Crippen LogP contribution in [-0.4, -0.2) is 46.9 Å². The number of carbonyl (C=O) groups is 1. The lowest BCUT2D eigenvalue weighted by Crippen LogP contribution is -2.31. The number of rotatable bonds is 6. The molecule has 0 bridgehead atoms. The fraction of sp³-hybridized carbons (Fsp3) is 0.391. The van der Waals surface area contributed by atoms with Crippen molar-refractivity contribution in [2.45, 2.75) is 45.0 Å². The third-order valence-electron chi connectivity index (χ3n) is 5.61. The maximum absolute atomic E-state index is 13.1. The van der Waals surface area contributed by atoms with Crippen molar-refractivity contribution in [3.05, 3.63) is 58.6 Å². The first-order valence-electron chi connectivity index (χ1n) is 11.0. The largest absolute Gasteiger partial charge is 0.490 e. The lowest BCUT2D eigenvalue weighted by atomic mass is 10.1. The summed E-state index contributed by atoms with van der Waals surface area (Å²) >= 11 is 1.44. The third kappa shape index (κ3) is 6.38. The van der Waals surface area contributed by atoms with Gasteiger partial charge in [0.05, 0.1) is 17.5 Å². The second-order valence-electron chi connectivity index (χ2n) is 8.52. The minimum Gasteiger partial charge on any atom is -0.490 e. The van der Waals surface area contributed by atoms with Crippen LogP contribution in [-0.2, 0) is 16.0 Å². The maximum Gasteiger partial charge on any atom is 0.451 e. The summed E-state index contributed by atoms with van der Waals surface area (Å²) in [6.07, 6.45) is -0.474. The molecule has 0 aliphatic carbocycles. The summed E-state index contributed by atoms with van der Waals surface area (Å²) in [4.78, 5) is 25.1. The molecule has 1 aromatic carbocycles. The first-order chi connectivity index (χ1) is 16.9. The number of alkyl halides is 3. The number of sulfone groups is 1. The van der Waals surface area contributed by atoms with Crippen LogP contribution in [0.2, 0.25) is 0 Å². The molecular weight excluding hydrogens is 517 g/mol. The molecule has 0 saturated carbocycles. The van der Waals surface area contributed by atoms with E-state index in [9.17, 15) is 26.4 Å². The quantitative estimate of drug-likeness (QED) is 0.494. The van der Waals surface area contributed by atoms with Gasteiger partial charge in [-0.1, -0.05) is 0 Å². The maximum atomic E-state index is 13.1. The first kappa shape index (κ1) is 26.0. The van der Waals surface area contributed by atoms with Gasteiger partial charge in [-0.15, -0.1) is 11.3 Å². The summed E-state index contributed by atoms with van der Waals surface area (Å²) in [5, 5.41) is 3.43. The van der Waals surface area contributed by atoms with Gasteiger partial charge in [0.25, 0.3) is 5.91 Å². The Labute approximate surface area is 209 Å². The van der Waals surface area contributed by atoms with Gasteiger partial charge >= 0.3 is 6.18 Å². The predicted molar refractivity (Wildman–Crippen MR) is 128 cm³/mol. The van der Waals surface area contributed by atoms with Gasteiger partial charge in [0.15, 0.2) is 9.84 Å². The second-order valence-corrected chi connectivity index (χ2v) is 12.1. The molecule has 1 atom stereocenters. The first-order valence-corrected chi connectivity index (χ1v) is 13.7. The molecule has 1 amide bonds. The summed E-state index contributed by atoms with van der Waals surface area (Å²) in [5.74, 6) is -1.24. The van der Waals surface area contributed by atoms with Crippen LogP contribution in [0.4, 0.5) is 13.2 Å². The molecule has 192 valence electrons. The predicted octanol–water partition coefficient (Wildman–Crippen LogP) is 4.37. The Bertz CT molecular complexity index is 1340. The van der Waals surface area contributed by atoms with Crippen molar-refractivity contribution in [3.63, 3.8) is 0 Å². The number of hydrogen-bond donors (Lipinski definition) is 1. The van der Waals surface area contributed by atoms with Gasteiger partial charge in [-0.2, -0.15) is 13.2 Å². The minimum absolute atomic E-state index is 0.0447. The molecule has 1 aliphatic heterocycles. The zero-order chi connectivity index (χ0) is 26.1. The van der Waals surface area contributed by atoms with Crippen molar-refractivity contribution in [2.75, 3.05) is 11.5 Å². The summed E-state index contributed by atoms with van der Waals surface area (Å²) in [7, 11) is -3.05. The van der Waals surface area contributed by atoms with Crippen molar-refractivity contribution in [3.8, 4) is 16.3 Å². The van der Waals surface area contributed by atoms with E-state index in [0.29, 0.717) is 34.7 Å². The SMILES string of the molecule is Cc1cnc(-c2cc(OC3CCS(=O)(=O)CC3)cc(C(=O)N[C@H](C)c3cnc(C(F)(F)F)nc3)c2)s1. The Morgan fingerprint density at radius 2 is 1.78 bits per heavy atom. The molecule has 3 aromatic rings. The van der Waals surface area contributed by atoms with E-state index >= 15 is 0 Å². The number of hydrogen-bond acceptors (Lipinski definition) is 8. The Kier molecular flexibility index (Phi) is 7.32. The topological polar surface area (TPSA) is 111 Å². The number of ether oxygens (including phenoxy) is 1. The summed E-state index contributed by atoms with van der Waals surface area (Å²) in [5.41, 5.74) is 1.23. The molecule has 3 heterocycles. The summed E-state index contributed by atoms with van der Waals surface area (Å²) in [6.45, 7) is 3.52. The smallest absolute Gasteiger partial charge is 0.451 e. The fourth-order valence-electron chi connectivity index (χ4n) is 3.66. The van der Waals surface area contributed by atoms with Gasteiger partial charge in [-0.05, 0) is 44.9 Å². The van der Waals surface area contributed by atoms with Crippen LogP contribution in [0.3, 0.4) is 0 Å². The van der Waals surface area contributed by atoms with E-state index < -0.39 is 33.8 Å². The standard InChI is InChI=1S/C23H23F3N4O4S2/c1-13-10-27-21(35-13)16-7-15(8-19(9-16)34-18-3-5-36(32,33)6-4-18)20(31)30-14(2)17-11-28-22(29-12-17)23(24,25)26/h7-12,14,18H,3-6H2,1-2H3,(H,30,31)/t14-/m1/s1. The lowest BCUT2D eigenvalue weighted by molar-refractivity contribution is -0.145. The molecule has 0 spiro atoms. The highest BCUT2D eigenvalue weighted by Gasteiger charge is 2.34. The Hall–Kier alpha value is -3.06. The number of aromatic nitrogens is 3. The van der Waals surface area contributed by atoms with E-state index in [1.54, 1.807) is 31.3 Å². The fourth-order valence-corrected chi connectivity index (χ4v) is 5.86. The van der Waals surface area contributed by atoms with Gasteiger partial charge in [0.1, 0.15) is 16.9 Å². The van der Waals surface area contributed by atoms with Crippen molar-refractivity contribution in [2.24, 2.45) is 0 Å². The van der Waals surface area contributed by atoms with Gasteiger partial charge in [0.2, 0.25) is 5.82 Å². The number of halogens is 3. The summed E-state index contributed by atoms with van der Waals surface area (Å²) < 4.78 is 67.7. The average molecular weight is 541 g/mol. The monoisotopic (exact) mass is 540 g/mol. The molecule has 0 unspecified atom stereocenters. The minimum atomic E-state index is -4.65. The Morgan fingerprint density at radius 1 is 1.11 bits per heavy atom. The van der Waals surface area contributed by atoms with Gasteiger partial charge in [0, 0.05) is 40.2 Å². The molecule has 8 nitrogen and oxygen atoms in total. The van der Waals surface area contributed by atoms with E-state index in [1.165, 1.54) is 11.3 Å². The van der Waals surface area contributed by atoms with Crippen molar-refractivity contribution in [1.82, 2.24) is 20.3 Å². The normalized spacial score (nSPS) is 16.9. The third-order valence-corrected chi connectivity index (χ3v) is 8.29.